The van der Waals surface area contributed by atoms with Crippen LogP contribution in [0.4, 0.5) is 26.3 Å². The maximum Gasteiger partial charge on any atom is 0.438 e. The number of hydrogen-bond donors (Lipinski definition) is 1. The van der Waals surface area contributed by atoms with Gasteiger partial charge < -0.3 is 9.47 Å². The van der Waals surface area contributed by atoms with Gasteiger partial charge in [-0.25, -0.2) is 0 Å². The number of carbonyl (C=O) groups excluding carboxylic acids is 2. The number of alkyl halides is 6. The maximum absolute atomic E-state index is 13.6. The Kier molecular flexibility index (Phi) is 7.59. The Balaban J connectivity index is 1.55. The van der Waals surface area contributed by atoms with Gasteiger partial charge in [-0.2, -0.15) is 34.8 Å². The van der Waals surface area contributed by atoms with Crippen LogP contribution in [0.2, 0.25) is 0 Å². The fourth-order valence-electron chi connectivity index (χ4n) is 7.07. The number of esters is 2. The molecule has 0 spiro atoms. The zero-order chi connectivity index (χ0) is 27.4. The number of halogens is 6. The van der Waals surface area contributed by atoms with Crippen LogP contribution in [0.5, 0.6) is 0 Å². The molecule has 0 heterocycles. The Labute approximate surface area is 210 Å². The first-order valence-corrected chi connectivity index (χ1v) is 14.1. The van der Waals surface area contributed by atoms with Crippen molar-refractivity contribution in [2.45, 2.75) is 88.3 Å². The third kappa shape index (κ3) is 5.74. The lowest BCUT2D eigenvalue weighted by molar-refractivity contribution is -0.362. The molecule has 4 bridgehead atoms. The average molecular weight is 565 g/mol. The van der Waals surface area contributed by atoms with Gasteiger partial charge in [-0.15, -0.1) is 0 Å². The van der Waals surface area contributed by atoms with Crippen molar-refractivity contribution in [2.24, 2.45) is 35.5 Å². The van der Waals surface area contributed by atoms with Crippen LogP contribution in [0.15, 0.2) is 0 Å². The van der Waals surface area contributed by atoms with Gasteiger partial charge in [0.25, 0.3) is 10.1 Å². The molecule has 37 heavy (non-hydrogen) atoms. The van der Waals surface area contributed by atoms with Gasteiger partial charge in [-0.1, -0.05) is 19.3 Å². The summed E-state index contributed by atoms with van der Waals surface area (Å²) >= 11 is 0. The zero-order valence-corrected chi connectivity index (χ0v) is 20.7. The van der Waals surface area contributed by atoms with Gasteiger partial charge in [-0.3, -0.25) is 14.1 Å². The number of carbonyl (C=O) groups is 2. The molecule has 0 aromatic carbocycles. The highest BCUT2D eigenvalue weighted by atomic mass is 32.2. The van der Waals surface area contributed by atoms with Gasteiger partial charge in [0.1, 0.15) is 11.9 Å². The normalized spacial score (nSPS) is 34.6. The second kappa shape index (κ2) is 9.87. The first-order chi connectivity index (χ1) is 17.0. The van der Waals surface area contributed by atoms with E-state index in [2.05, 4.69) is 4.74 Å². The lowest BCUT2D eigenvalue weighted by Gasteiger charge is -2.44. The molecule has 7 unspecified atom stereocenters. The van der Waals surface area contributed by atoms with Gasteiger partial charge in [-0.05, 0) is 68.6 Å². The van der Waals surface area contributed by atoms with Crippen molar-refractivity contribution in [3.63, 3.8) is 0 Å². The van der Waals surface area contributed by atoms with E-state index in [-0.39, 0.29) is 31.1 Å². The van der Waals surface area contributed by atoms with E-state index in [0.717, 1.165) is 38.5 Å². The van der Waals surface area contributed by atoms with Crippen LogP contribution in [-0.4, -0.2) is 54.7 Å². The molecule has 7 nitrogen and oxygen atoms in total. The van der Waals surface area contributed by atoms with E-state index < -0.39 is 63.7 Å². The molecular formula is C23H30F6O7S. The first-order valence-electron chi connectivity index (χ1n) is 12.5. The molecule has 0 aliphatic heterocycles. The molecule has 212 valence electrons. The number of hydrogen-bond acceptors (Lipinski definition) is 6. The van der Waals surface area contributed by atoms with Crippen molar-refractivity contribution in [3.05, 3.63) is 0 Å². The van der Waals surface area contributed by atoms with E-state index >= 15 is 0 Å². The first kappa shape index (κ1) is 28.4. The fraction of sp³-hybridized carbons (Fsp3) is 0.913. The van der Waals surface area contributed by atoms with Crippen LogP contribution >= 0.6 is 0 Å². The molecule has 14 heteroatoms. The highest BCUT2D eigenvalue weighted by molar-refractivity contribution is 7.85. The average Bonchev–Trinajstić information content (AvgIpc) is 2.97. The van der Waals surface area contributed by atoms with E-state index in [1.807, 2.05) is 0 Å². The van der Waals surface area contributed by atoms with Gasteiger partial charge >= 0.3 is 29.9 Å². The van der Waals surface area contributed by atoms with Crippen LogP contribution in [-0.2, 0) is 29.2 Å². The van der Waals surface area contributed by atoms with E-state index in [4.69, 9.17) is 9.29 Å². The number of ether oxygens (including phenoxy) is 2. The second-order valence-electron chi connectivity index (χ2n) is 11.1. The smallest absolute Gasteiger partial charge is 0.438 e. The summed E-state index contributed by atoms with van der Waals surface area (Å²) in [5.41, 5.74) is -5.49. The van der Waals surface area contributed by atoms with Crippen molar-refractivity contribution >= 4 is 22.1 Å². The summed E-state index contributed by atoms with van der Waals surface area (Å²) in [7, 11) is -5.90. The van der Waals surface area contributed by atoms with Gasteiger partial charge in [0.15, 0.2) is 0 Å². The lowest BCUT2D eigenvalue weighted by Crippen LogP contribution is -2.64. The summed E-state index contributed by atoms with van der Waals surface area (Å²) in [6.45, 7) is 0. The van der Waals surface area contributed by atoms with Crippen molar-refractivity contribution < 1.29 is 58.4 Å². The zero-order valence-electron chi connectivity index (χ0n) is 19.9. The summed E-state index contributed by atoms with van der Waals surface area (Å²) < 4.78 is 123. The Morgan fingerprint density at radius 3 is 1.86 bits per heavy atom. The Hall–Kier alpha value is -1.57. The van der Waals surface area contributed by atoms with Crippen LogP contribution in [0.25, 0.3) is 0 Å². The van der Waals surface area contributed by atoms with Crippen molar-refractivity contribution in [3.8, 4) is 0 Å². The topological polar surface area (TPSA) is 107 Å². The highest BCUT2D eigenvalue weighted by Crippen LogP contribution is 2.53. The van der Waals surface area contributed by atoms with Crippen LogP contribution < -0.4 is 0 Å². The fourth-order valence-corrected chi connectivity index (χ4v) is 7.97. The van der Waals surface area contributed by atoms with Crippen LogP contribution in [0.1, 0.15) is 64.2 Å². The van der Waals surface area contributed by atoms with E-state index in [1.54, 1.807) is 0 Å². The molecule has 5 aliphatic carbocycles. The van der Waals surface area contributed by atoms with Crippen LogP contribution in [0, 0.1) is 35.5 Å². The standard InChI is InChI=1S/C23H30F6O7S/c24-22(25,26)21(23(27,28)29,11-37(32,33)34)36-20(31)17-4-2-1-3-16(17)19(30)35-18-14-6-5-12-7-13(9-14)10-15(18)8-12/h12-18H,1-11H2,(H,32,33,34). The molecule has 5 saturated carbocycles. The predicted octanol–water partition coefficient (Wildman–Crippen LogP) is 4.85. The largest absolute Gasteiger partial charge is 0.462 e. The molecule has 1 N–H and O–H groups in total. The molecule has 0 aromatic heterocycles. The number of rotatable bonds is 6. The minimum atomic E-state index is -6.42. The molecule has 5 rings (SSSR count). The molecule has 7 atom stereocenters. The van der Waals surface area contributed by atoms with Crippen LogP contribution in [0.3, 0.4) is 0 Å². The van der Waals surface area contributed by atoms with Gasteiger partial charge in [0.05, 0.1) is 11.8 Å². The Bertz CT molecular complexity index is 973. The van der Waals surface area contributed by atoms with Crippen molar-refractivity contribution in [1.82, 2.24) is 0 Å². The Morgan fingerprint density at radius 1 is 0.757 bits per heavy atom. The van der Waals surface area contributed by atoms with Crippen molar-refractivity contribution in [1.29, 1.82) is 0 Å². The summed E-state index contributed by atoms with van der Waals surface area (Å²) in [6, 6.07) is 0. The molecule has 0 radical (unpaired) electrons. The third-order valence-electron chi connectivity index (χ3n) is 8.65. The molecule has 0 saturated heterocycles. The Morgan fingerprint density at radius 2 is 1.30 bits per heavy atom. The molecule has 5 fully saturated rings. The summed E-state index contributed by atoms with van der Waals surface area (Å²) in [4.78, 5) is 26.0. The van der Waals surface area contributed by atoms with Crippen molar-refractivity contribution in [2.75, 3.05) is 5.75 Å². The molecule has 5 aliphatic rings. The molecule has 0 aromatic rings. The predicted molar refractivity (Wildman–Crippen MR) is 114 cm³/mol. The second-order valence-corrected chi connectivity index (χ2v) is 12.6. The quantitative estimate of drug-likeness (QED) is 0.279. The summed E-state index contributed by atoms with van der Waals surface area (Å²) in [5, 5.41) is 0. The molecular weight excluding hydrogens is 534 g/mol. The summed E-state index contributed by atoms with van der Waals surface area (Å²) in [5.74, 6) is -7.40. The minimum Gasteiger partial charge on any atom is -0.462 e. The van der Waals surface area contributed by atoms with E-state index in [0.29, 0.717) is 18.3 Å². The summed E-state index contributed by atoms with van der Waals surface area (Å²) in [6.07, 6.45) is -7.07. The maximum atomic E-state index is 13.6. The van der Waals surface area contributed by atoms with Gasteiger partial charge in [0.2, 0.25) is 0 Å². The SMILES string of the molecule is O=C(OC1C2CCC3CC(C2)CC1C3)C1CCCCC1C(=O)OC(CS(=O)(=O)O)(C(F)(F)F)C(F)(F)F. The highest BCUT2D eigenvalue weighted by Gasteiger charge is 2.76. The van der Waals surface area contributed by atoms with E-state index in [9.17, 15) is 44.3 Å². The molecule has 0 amide bonds. The lowest BCUT2D eigenvalue weighted by atomic mass is 9.66. The minimum absolute atomic E-state index is 0.00916. The monoisotopic (exact) mass is 564 g/mol. The number of fused-ring (bicyclic) bond motifs is 1. The third-order valence-corrected chi connectivity index (χ3v) is 9.42. The van der Waals surface area contributed by atoms with E-state index in [1.165, 1.54) is 0 Å². The van der Waals surface area contributed by atoms with Gasteiger partial charge in [0, 0.05) is 0 Å².